The third-order valence-corrected chi connectivity index (χ3v) is 14.1. The van der Waals surface area contributed by atoms with E-state index in [1.807, 2.05) is 0 Å². The van der Waals surface area contributed by atoms with E-state index in [0.717, 1.165) is 64.7 Å². The first-order valence-corrected chi connectivity index (χ1v) is 31.1. The molecule has 2 atom stereocenters. The summed E-state index contributed by atoms with van der Waals surface area (Å²) in [6, 6.07) is 0. The lowest BCUT2D eigenvalue weighted by Gasteiger charge is -2.19. The molecule has 0 aliphatic heterocycles. The molecule has 0 bridgehead atoms. The molecule has 5 nitrogen and oxygen atoms in total. The molecule has 0 rings (SSSR count). The molecule has 70 heavy (non-hydrogen) atoms. The molecule has 2 unspecified atom stereocenters. The summed E-state index contributed by atoms with van der Waals surface area (Å²) in [5.41, 5.74) is 0. The molecule has 0 aromatic rings. The van der Waals surface area contributed by atoms with E-state index in [4.69, 9.17) is 14.2 Å². The highest BCUT2D eigenvalue weighted by Gasteiger charge is 2.15. The standard InChI is InChI=1S/C65H123NO4/c1-7-11-15-19-23-27-35-43-52-62(68-60-49-41-33-21-17-13-9-3)54-45-37-29-25-31-39-47-56-64(70-65(67)58-51-59-66(5)6)57-48-40-32-26-30-38-46-55-63(53-44-36-28-24-20-16-12-8-2)69-61-50-42-34-22-18-14-10-4/h27-28,35-36,41-42,49-50,62-64H,7-26,29-34,37-40,43-48,51-61H2,1-6H3/b35-27-,36-28-,49-41-,50-42-. The Labute approximate surface area is 439 Å². The zero-order valence-corrected chi connectivity index (χ0v) is 48.2. The van der Waals surface area contributed by atoms with Crippen molar-refractivity contribution < 1.29 is 19.0 Å². The van der Waals surface area contributed by atoms with E-state index >= 15 is 0 Å². The average molecular weight is 983 g/mol. The van der Waals surface area contributed by atoms with Crippen LogP contribution in [-0.2, 0) is 19.0 Å². The van der Waals surface area contributed by atoms with Gasteiger partial charge in [0.1, 0.15) is 6.10 Å². The van der Waals surface area contributed by atoms with Crippen molar-refractivity contribution in [1.82, 2.24) is 4.90 Å². The highest BCUT2D eigenvalue weighted by molar-refractivity contribution is 5.69. The fourth-order valence-corrected chi connectivity index (χ4v) is 9.47. The van der Waals surface area contributed by atoms with Gasteiger partial charge in [0.2, 0.25) is 0 Å². The van der Waals surface area contributed by atoms with Crippen LogP contribution in [0.2, 0.25) is 0 Å². The van der Waals surface area contributed by atoms with E-state index in [1.165, 1.54) is 231 Å². The summed E-state index contributed by atoms with van der Waals surface area (Å²) >= 11 is 0. The van der Waals surface area contributed by atoms with E-state index in [1.54, 1.807) is 0 Å². The van der Waals surface area contributed by atoms with Crippen molar-refractivity contribution in [3.05, 3.63) is 48.6 Å². The van der Waals surface area contributed by atoms with Crippen LogP contribution in [0, 0.1) is 0 Å². The molecule has 0 radical (unpaired) electrons. The Hall–Kier alpha value is -1.69. The van der Waals surface area contributed by atoms with Crippen molar-refractivity contribution in [3.63, 3.8) is 0 Å². The van der Waals surface area contributed by atoms with Crippen LogP contribution in [0.3, 0.4) is 0 Å². The third-order valence-electron chi connectivity index (χ3n) is 14.1. The molecule has 0 fully saturated rings. The van der Waals surface area contributed by atoms with Crippen molar-refractivity contribution >= 4 is 5.97 Å². The van der Waals surface area contributed by atoms with E-state index < -0.39 is 0 Å². The Morgan fingerprint density at radius 2 is 0.643 bits per heavy atom. The second kappa shape index (κ2) is 58.2. The minimum atomic E-state index is 0.00476. The number of rotatable bonds is 57. The molecular formula is C65H123NO4. The van der Waals surface area contributed by atoms with Gasteiger partial charge in [-0.2, -0.15) is 0 Å². The second-order valence-electron chi connectivity index (χ2n) is 21.5. The Morgan fingerprint density at radius 1 is 0.343 bits per heavy atom. The lowest BCUT2D eigenvalue weighted by Crippen LogP contribution is -2.20. The smallest absolute Gasteiger partial charge is 0.306 e. The van der Waals surface area contributed by atoms with Crippen LogP contribution in [-0.4, -0.2) is 63.0 Å². The third kappa shape index (κ3) is 54.1. The number of carbonyl (C=O) groups excluding carboxylic acids is 1. The van der Waals surface area contributed by atoms with Gasteiger partial charge in [0.15, 0.2) is 0 Å². The van der Waals surface area contributed by atoms with Crippen LogP contribution >= 0.6 is 0 Å². The van der Waals surface area contributed by atoms with Crippen LogP contribution in [0.1, 0.15) is 310 Å². The van der Waals surface area contributed by atoms with Gasteiger partial charge in [-0.3, -0.25) is 4.79 Å². The zero-order valence-electron chi connectivity index (χ0n) is 48.2. The Kier molecular flexibility index (Phi) is 56.8. The Morgan fingerprint density at radius 3 is 0.986 bits per heavy atom. The predicted molar refractivity (Wildman–Crippen MR) is 310 cm³/mol. The van der Waals surface area contributed by atoms with Crippen LogP contribution in [0.25, 0.3) is 0 Å². The number of ether oxygens (including phenoxy) is 3. The lowest BCUT2D eigenvalue weighted by molar-refractivity contribution is -0.150. The van der Waals surface area contributed by atoms with Crippen molar-refractivity contribution in [2.75, 3.05) is 33.9 Å². The number of nitrogens with zero attached hydrogens (tertiary/aromatic N) is 1. The first kappa shape index (κ1) is 68.3. The molecule has 0 N–H and O–H groups in total. The van der Waals surface area contributed by atoms with Gasteiger partial charge in [0, 0.05) is 6.42 Å². The predicted octanol–water partition coefficient (Wildman–Crippen LogP) is 20.7. The summed E-state index contributed by atoms with van der Waals surface area (Å²) in [5.74, 6) is 0.00476. The molecule has 0 heterocycles. The van der Waals surface area contributed by atoms with E-state index in [-0.39, 0.29) is 12.1 Å². The summed E-state index contributed by atoms with van der Waals surface area (Å²) in [6.07, 6.45) is 73.9. The molecule has 0 amide bonds. The number of hydrogen-bond donors (Lipinski definition) is 0. The van der Waals surface area contributed by atoms with Crippen molar-refractivity contribution in [1.29, 1.82) is 0 Å². The van der Waals surface area contributed by atoms with Crippen molar-refractivity contribution in [3.8, 4) is 0 Å². The van der Waals surface area contributed by atoms with E-state index in [0.29, 0.717) is 18.6 Å². The van der Waals surface area contributed by atoms with Gasteiger partial charge >= 0.3 is 5.97 Å². The molecule has 0 saturated heterocycles. The van der Waals surface area contributed by atoms with Crippen LogP contribution < -0.4 is 0 Å². The summed E-state index contributed by atoms with van der Waals surface area (Å²) < 4.78 is 19.0. The molecule has 5 heteroatoms. The molecule has 0 aliphatic carbocycles. The molecule has 0 spiro atoms. The molecule has 0 aromatic carbocycles. The minimum absolute atomic E-state index is 0.00476. The summed E-state index contributed by atoms with van der Waals surface area (Å²) in [7, 11) is 4.15. The number of unbranched alkanes of at least 4 members (excludes halogenated alkanes) is 28. The monoisotopic (exact) mass is 982 g/mol. The normalized spacial score (nSPS) is 13.6. The van der Waals surface area contributed by atoms with Gasteiger partial charge in [-0.15, -0.1) is 0 Å². The topological polar surface area (TPSA) is 48.0 Å². The fourth-order valence-electron chi connectivity index (χ4n) is 9.47. The van der Waals surface area contributed by atoms with Crippen molar-refractivity contribution in [2.45, 2.75) is 329 Å². The quantitative estimate of drug-likeness (QED) is 0.0345. The van der Waals surface area contributed by atoms with Gasteiger partial charge in [0.25, 0.3) is 0 Å². The first-order chi connectivity index (χ1) is 34.5. The number of esters is 1. The van der Waals surface area contributed by atoms with Gasteiger partial charge in [0.05, 0.1) is 25.4 Å². The SMILES string of the molecule is CCCCCC/C=C\CCC(CCCCCCCCCC(CCCCCCCCCC(CC/C=C\CCCCCC)OC/C=C\CCCCCC)OC(=O)CCCN(C)C)OC/C=C\CCCCCC. The average Bonchev–Trinajstić information content (AvgIpc) is 3.35. The van der Waals surface area contributed by atoms with Crippen molar-refractivity contribution in [2.24, 2.45) is 0 Å². The largest absolute Gasteiger partial charge is 0.462 e. The maximum atomic E-state index is 12.9. The van der Waals surface area contributed by atoms with Gasteiger partial charge in [-0.1, -0.05) is 230 Å². The van der Waals surface area contributed by atoms with E-state index in [2.05, 4.69) is 95.3 Å². The van der Waals surface area contributed by atoms with Crippen LogP contribution in [0.15, 0.2) is 48.6 Å². The summed E-state index contributed by atoms with van der Waals surface area (Å²) in [5, 5.41) is 0. The maximum absolute atomic E-state index is 12.9. The zero-order chi connectivity index (χ0) is 50.9. The van der Waals surface area contributed by atoms with Crippen LogP contribution in [0.4, 0.5) is 0 Å². The summed E-state index contributed by atoms with van der Waals surface area (Å²) in [4.78, 5) is 15.0. The first-order valence-electron chi connectivity index (χ1n) is 31.1. The Balaban J connectivity index is 4.65. The molecule has 0 aliphatic rings. The Bertz CT molecular complexity index is 1020. The van der Waals surface area contributed by atoms with Gasteiger partial charge in [-0.25, -0.2) is 0 Å². The van der Waals surface area contributed by atoms with Gasteiger partial charge < -0.3 is 19.1 Å². The second-order valence-corrected chi connectivity index (χ2v) is 21.5. The molecule has 0 saturated carbocycles. The summed E-state index contributed by atoms with van der Waals surface area (Å²) in [6.45, 7) is 11.6. The fraction of sp³-hybridized carbons (Fsp3) is 0.862. The highest BCUT2D eigenvalue weighted by Crippen LogP contribution is 2.21. The van der Waals surface area contributed by atoms with Crippen LogP contribution in [0.5, 0.6) is 0 Å². The maximum Gasteiger partial charge on any atom is 0.306 e. The van der Waals surface area contributed by atoms with E-state index in [9.17, 15) is 4.79 Å². The van der Waals surface area contributed by atoms with Gasteiger partial charge in [-0.05, 0) is 143 Å². The highest BCUT2D eigenvalue weighted by atomic mass is 16.5. The molecular weight excluding hydrogens is 859 g/mol. The molecule has 412 valence electrons. The number of allylic oxidation sites excluding steroid dienone is 6. The lowest BCUT2D eigenvalue weighted by atomic mass is 10.0. The minimum Gasteiger partial charge on any atom is -0.462 e. The molecule has 0 aromatic heterocycles. The number of carbonyl (C=O) groups is 1. The number of hydrogen-bond acceptors (Lipinski definition) is 5.